The lowest BCUT2D eigenvalue weighted by atomic mass is 9.93. The van der Waals surface area contributed by atoms with E-state index >= 15 is 0 Å². The molecule has 0 spiro atoms. The molecule has 1 aliphatic rings. The molecule has 1 N–H and O–H groups in total. The van der Waals surface area contributed by atoms with E-state index in [4.69, 9.17) is 9.47 Å². The third kappa shape index (κ3) is 2.36. The number of hydrogen-bond acceptors (Lipinski definition) is 5. The number of phenolic OH excluding ortho intramolecular Hbond substituents is 1. The maximum absolute atomic E-state index is 12.0. The van der Waals surface area contributed by atoms with E-state index in [0.717, 1.165) is 0 Å². The van der Waals surface area contributed by atoms with E-state index in [0.29, 0.717) is 22.3 Å². The SMILES string of the molecule is COc1ccc(OC)c2c(O)c(C3=CC(=O)C=CC3=O)ccc12. The van der Waals surface area contributed by atoms with Crippen molar-refractivity contribution >= 4 is 27.9 Å². The van der Waals surface area contributed by atoms with Crippen LogP contribution in [0.5, 0.6) is 17.2 Å². The van der Waals surface area contributed by atoms with Gasteiger partial charge in [-0.1, -0.05) is 0 Å². The average Bonchev–Trinajstić information content (AvgIpc) is 2.56. The fourth-order valence-corrected chi connectivity index (χ4v) is 2.66. The molecular weight excluding hydrogens is 296 g/mol. The van der Waals surface area contributed by atoms with Crippen LogP contribution in [0.25, 0.3) is 16.3 Å². The van der Waals surface area contributed by atoms with Gasteiger partial charge < -0.3 is 14.6 Å². The molecule has 0 aliphatic heterocycles. The summed E-state index contributed by atoms with van der Waals surface area (Å²) in [4.78, 5) is 23.6. The van der Waals surface area contributed by atoms with Crippen LogP contribution in [0.4, 0.5) is 0 Å². The third-order valence-electron chi connectivity index (χ3n) is 3.76. The van der Waals surface area contributed by atoms with Gasteiger partial charge in [0.15, 0.2) is 11.6 Å². The Bertz CT molecular complexity index is 890. The normalized spacial score (nSPS) is 14.1. The van der Waals surface area contributed by atoms with Crippen molar-refractivity contribution in [1.82, 2.24) is 0 Å². The van der Waals surface area contributed by atoms with Crippen molar-refractivity contribution < 1.29 is 24.2 Å². The summed E-state index contributed by atoms with van der Waals surface area (Å²) in [6.07, 6.45) is 3.62. The van der Waals surface area contributed by atoms with Crippen LogP contribution in [0.3, 0.4) is 0 Å². The van der Waals surface area contributed by atoms with E-state index < -0.39 is 0 Å². The predicted molar refractivity (Wildman–Crippen MR) is 85.8 cm³/mol. The Morgan fingerprint density at radius 3 is 2.30 bits per heavy atom. The number of phenols is 1. The minimum atomic E-state index is -0.332. The van der Waals surface area contributed by atoms with E-state index in [1.54, 1.807) is 24.3 Å². The maximum Gasteiger partial charge on any atom is 0.186 e. The molecule has 3 rings (SSSR count). The van der Waals surface area contributed by atoms with Gasteiger partial charge in [-0.2, -0.15) is 0 Å². The van der Waals surface area contributed by atoms with Crippen LogP contribution in [0.2, 0.25) is 0 Å². The second-order valence-corrected chi connectivity index (χ2v) is 5.01. The molecule has 0 atom stereocenters. The zero-order valence-corrected chi connectivity index (χ0v) is 12.6. The smallest absolute Gasteiger partial charge is 0.186 e. The molecule has 0 aromatic heterocycles. The Morgan fingerprint density at radius 2 is 1.61 bits per heavy atom. The van der Waals surface area contributed by atoms with Crippen molar-refractivity contribution in [1.29, 1.82) is 0 Å². The number of methoxy groups -OCH3 is 2. The first-order valence-corrected chi connectivity index (χ1v) is 6.92. The summed E-state index contributed by atoms with van der Waals surface area (Å²) >= 11 is 0. The Morgan fingerprint density at radius 1 is 0.913 bits per heavy atom. The minimum absolute atomic E-state index is 0.124. The summed E-state index contributed by atoms with van der Waals surface area (Å²) in [7, 11) is 3.02. The third-order valence-corrected chi connectivity index (χ3v) is 3.76. The highest BCUT2D eigenvalue weighted by molar-refractivity contribution is 6.34. The van der Waals surface area contributed by atoms with Gasteiger partial charge in [0, 0.05) is 16.5 Å². The minimum Gasteiger partial charge on any atom is -0.507 e. The number of hydrogen-bond donors (Lipinski definition) is 1. The van der Waals surface area contributed by atoms with E-state index in [1.807, 2.05) is 0 Å². The number of rotatable bonds is 3. The van der Waals surface area contributed by atoms with Crippen LogP contribution in [-0.2, 0) is 9.59 Å². The molecule has 1 aliphatic carbocycles. The molecule has 2 aromatic rings. The molecule has 5 heteroatoms. The Balaban J connectivity index is 2.31. The number of aromatic hydroxyl groups is 1. The molecule has 2 aromatic carbocycles. The van der Waals surface area contributed by atoms with Crippen molar-refractivity contribution in [3.8, 4) is 17.2 Å². The number of ether oxygens (including phenoxy) is 2. The van der Waals surface area contributed by atoms with E-state index in [-0.39, 0.29) is 28.5 Å². The Labute approximate surface area is 132 Å². The van der Waals surface area contributed by atoms with Crippen LogP contribution in [-0.4, -0.2) is 30.9 Å². The number of ketones is 2. The lowest BCUT2D eigenvalue weighted by Crippen LogP contribution is -2.07. The molecular formula is C18H14O5. The van der Waals surface area contributed by atoms with Crippen molar-refractivity contribution in [3.05, 3.63) is 48.1 Å². The highest BCUT2D eigenvalue weighted by atomic mass is 16.5. The van der Waals surface area contributed by atoms with Gasteiger partial charge >= 0.3 is 0 Å². The Kier molecular flexibility index (Phi) is 3.62. The topological polar surface area (TPSA) is 72.8 Å². The molecule has 5 nitrogen and oxygen atoms in total. The van der Waals surface area contributed by atoms with Gasteiger partial charge in [-0.3, -0.25) is 9.59 Å². The summed E-state index contributed by atoms with van der Waals surface area (Å²) in [5.41, 5.74) is 0.438. The number of benzene rings is 2. The lowest BCUT2D eigenvalue weighted by molar-refractivity contribution is -0.113. The van der Waals surface area contributed by atoms with E-state index in [9.17, 15) is 14.7 Å². The maximum atomic E-state index is 12.0. The summed E-state index contributed by atoms with van der Waals surface area (Å²) in [6.45, 7) is 0. The second kappa shape index (κ2) is 5.61. The molecule has 0 saturated carbocycles. The highest BCUT2D eigenvalue weighted by Crippen LogP contribution is 2.42. The van der Waals surface area contributed by atoms with Gasteiger partial charge in [-0.15, -0.1) is 0 Å². The van der Waals surface area contributed by atoms with Crippen LogP contribution >= 0.6 is 0 Å². The largest absolute Gasteiger partial charge is 0.507 e. The summed E-state index contributed by atoms with van der Waals surface area (Å²) < 4.78 is 10.6. The molecule has 116 valence electrons. The lowest BCUT2D eigenvalue weighted by Gasteiger charge is -2.15. The van der Waals surface area contributed by atoms with Crippen LogP contribution < -0.4 is 9.47 Å². The van der Waals surface area contributed by atoms with Crippen LogP contribution in [0.15, 0.2) is 42.5 Å². The number of carbonyl (C=O) groups is 2. The van der Waals surface area contributed by atoms with Gasteiger partial charge in [0.1, 0.15) is 17.2 Å². The molecule has 0 heterocycles. The van der Waals surface area contributed by atoms with Crippen molar-refractivity contribution in [2.24, 2.45) is 0 Å². The molecule has 0 radical (unpaired) electrons. The molecule has 23 heavy (non-hydrogen) atoms. The highest BCUT2D eigenvalue weighted by Gasteiger charge is 2.21. The first-order chi connectivity index (χ1) is 11.1. The summed E-state index contributed by atoms with van der Waals surface area (Å²) in [5.74, 6) is 0.271. The first-order valence-electron chi connectivity index (χ1n) is 6.92. The fourth-order valence-electron chi connectivity index (χ4n) is 2.66. The molecule has 0 bridgehead atoms. The number of fused-ring (bicyclic) bond motifs is 1. The van der Waals surface area contributed by atoms with Crippen molar-refractivity contribution in [3.63, 3.8) is 0 Å². The summed E-state index contributed by atoms with van der Waals surface area (Å²) in [5, 5.41) is 11.8. The van der Waals surface area contributed by atoms with Crippen molar-refractivity contribution in [2.75, 3.05) is 14.2 Å². The first kappa shape index (κ1) is 14.8. The van der Waals surface area contributed by atoms with Gasteiger partial charge in [-0.25, -0.2) is 0 Å². The van der Waals surface area contributed by atoms with Gasteiger partial charge in [0.25, 0.3) is 0 Å². The molecule has 0 unspecified atom stereocenters. The van der Waals surface area contributed by atoms with Crippen molar-refractivity contribution in [2.45, 2.75) is 0 Å². The van der Waals surface area contributed by atoms with Gasteiger partial charge in [0.2, 0.25) is 0 Å². The number of carbonyl (C=O) groups excluding carboxylic acids is 2. The average molecular weight is 310 g/mol. The monoisotopic (exact) mass is 310 g/mol. The quantitative estimate of drug-likeness (QED) is 0.882. The van der Waals surface area contributed by atoms with Crippen LogP contribution in [0.1, 0.15) is 5.56 Å². The van der Waals surface area contributed by atoms with E-state index in [2.05, 4.69) is 0 Å². The molecule has 0 saturated heterocycles. The zero-order valence-electron chi connectivity index (χ0n) is 12.6. The summed E-state index contributed by atoms with van der Waals surface area (Å²) in [6, 6.07) is 6.73. The molecule has 0 amide bonds. The Hall–Kier alpha value is -3.08. The predicted octanol–water partition coefficient (Wildman–Crippen LogP) is 2.65. The molecule has 0 fully saturated rings. The van der Waals surface area contributed by atoms with Crippen LogP contribution in [0, 0.1) is 0 Å². The van der Waals surface area contributed by atoms with Gasteiger partial charge in [-0.05, 0) is 42.5 Å². The second-order valence-electron chi connectivity index (χ2n) is 5.01. The number of allylic oxidation sites excluding steroid dienone is 4. The van der Waals surface area contributed by atoms with Gasteiger partial charge in [0.05, 0.1) is 19.6 Å². The standard InChI is InChI=1S/C18H14O5/c1-22-15-7-8-16(23-2)17-12(15)5-4-11(18(17)21)13-9-10(19)3-6-14(13)20/h3-9,21H,1-2H3. The van der Waals surface area contributed by atoms with E-state index in [1.165, 1.54) is 32.4 Å². The zero-order chi connectivity index (χ0) is 16.6. The fraction of sp³-hybridized carbons (Fsp3) is 0.111.